The Hall–Kier alpha value is -1.89. The van der Waals surface area contributed by atoms with Crippen LogP contribution < -0.4 is 10.1 Å². The molecule has 2 heterocycles. The van der Waals surface area contributed by atoms with Crippen LogP contribution in [0.5, 0.6) is 6.01 Å². The van der Waals surface area contributed by atoms with Gasteiger partial charge in [0.2, 0.25) is 17.1 Å². The van der Waals surface area contributed by atoms with Gasteiger partial charge in [-0.2, -0.15) is 15.0 Å². The highest BCUT2D eigenvalue weighted by Crippen LogP contribution is 2.13. The molecule has 108 valence electrons. The minimum Gasteiger partial charge on any atom is -0.463 e. The van der Waals surface area contributed by atoms with Crippen molar-refractivity contribution < 1.29 is 9.15 Å². The van der Waals surface area contributed by atoms with E-state index in [1.54, 1.807) is 6.20 Å². The van der Waals surface area contributed by atoms with E-state index in [1.165, 1.54) is 0 Å². The molecule has 0 aliphatic carbocycles. The second kappa shape index (κ2) is 7.04. The zero-order valence-electron chi connectivity index (χ0n) is 11.4. The number of anilines is 1. The van der Waals surface area contributed by atoms with Gasteiger partial charge in [0.15, 0.2) is 0 Å². The summed E-state index contributed by atoms with van der Waals surface area (Å²) in [6.45, 7) is 4.89. The highest BCUT2D eigenvalue weighted by Gasteiger charge is 2.07. The molecule has 0 atom stereocenters. The van der Waals surface area contributed by atoms with Crippen LogP contribution in [0.4, 0.5) is 5.95 Å². The van der Waals surface area contributed by atoms with Crippen molar-refractivity contribution in [2.24, 2.45) is 0 Å². The van der Waals surface area contributed by atoms with E-state index in [0.717, 1.165) is 18.6 Å². The number of nitrogens with one attached hydrogen (secondary N) is 1. The number of halogens is 1. The third-order valence-corrected chi connectivity index (χ3v) is 2.54. The lowest BCUT2D eigenvalue weighted by Crippen LogP contribution is -2.07. The van der Waals surface area contributed by atoms with Gasteiger partial charge < -0.3 is 14.5 Å². The van der Waals surface area contributed by atoms with E-state index in [2.05, 4.69) is 25.3 Å². The molecule has 0 aliphatic rings. The Morgan fingerprint density at radius 1 is 1.30 bits per heavy atom. The molecule has 7 nitrogen and oxygen atoms in total. The Kier molecular flexibility index (Phi) is 5.11. The third kappa shape index (κ3) is 4.06. The van der Waals surface area contributed by atoms with E-state index in [-0.39, 0.29) is 11.3 Å². The first-order valence-corrected chi connectivity index (χ1v) is 6.80. The fourth-order valence-electron chi connectivity index (χ4n) is 1.42. The minimum atomic E-state index is 0.0789. The number of oxazole rings is 1. The van der Waals surface area contributed by atoms with Crippen LogP contribution in [0, 0.1) is 0 Å². The Balaban J connectivity index is 1.99. The third-order valence-electron chi connectivity index (χ3n) is 2.37. The second-order valence-electron chi connectivity index (χ2n) is 3.99. The number of aromatic nitrogens is 4. The first kappa shape index (κ1) is 14.5. The molecule has 0 spiro atoms. The summed E-state index contributed by atoms with van der Waals surface area (Å²) in [6.07, 6.45) is 3.37. The largest absolute Gasteiger partial charge is 0.463 e. The average molecular weight is 298 g/mol. The lowest BCUT2D eigenvalue weighted by molar-refractivity contribution is 0.291. The number of hydrogen-bond acceptors (Lipinski definition) is 7. The summed E-state index contributed by atoms with van der Waals surface area (Å²) in [5.41, 5.74) is 0. The fourth-order valence-corrected chi connectivity index (χ4v) is 1.57. The van der Waals surface area contributed by atoms with Crippen molar-refractivity contribution >= 4 is 17.5 Å². The van der Waals surface area contributed by atoms with Crippen molar-refractivity contribution in [2.75, 3.05) is 11.9 Å². The van der Waals surface area contributed by atoms with Crippen molar-refractivity contribution in [1.29, 1.82) is 0 Å². The van der Waals surface area contributed by atoms with Crippen LogP contribution in [0.1, 0.15) is 31.9 Å². The van der Waals surface area contributed by atoms with Gasteiger partial charge in [-0.25, -0.2) is 4.98 Å². The quantitative estimate of drug-likeness (QED) is 0.840. The van der Waals surface area contributed by atoms with Gasteiger partial charge in [0, 0.05) is 6.42 Å². The topological polar surface area (TPSA) is 86.0 Å². The van der Waals surface area contributed by atoms with E-state index in [4.69, 9.17) is 20.8 Å². The minimum absolute atomic E-state index is 0.0789. The van der Waals surface area contributed by atoms with E-state index in [0.29, 0.717) is 25.0 Å². The predicted molar refractivity (Wildman–Crippen MR) is 73.8 cm³/mol. The lowest BCUT2D eigenvalue weighted by atomic mass is 10.4. The molecular formula is C12H16ClN5O2. The Morgan fingerprint density at radius 2 is 2.15 bits per heavy atom. The van der Waals surface area contributed by atoms with Crippen LogP contribution in [0.25, 0.3) is 0 Å². The molecule has 0 bridgehead atoms. The number of aryl methyl sites for hydroxylation is 1. The maximum atomic E-state index is 5.82. The van der Waals surface area contributed by atoms with Crippen LogP contribution >= 0.6 is 11.6 Å². The Bertz CT molecular complexity index is 561. The molecule has 8 heteroatoms. The molecule has 0 amide bonds. The summed E-state index contributed by atoms with van der Waals surface area (Å²) in [5, 5.41) is 3.05. The van der Waals surface area contributed by atoms with Crippen LogP contribution in [0.2, 0.25) is 5.28 Å². The second-order valence-corrected chi connectivity index (χ2v) is 4.32. The summed E-state index contributed by atoms with van der Waals surface area (Å²) < 4.78 is 10.8. The van der Waals surface area contributed by atoms with Crippen molar-refractivity contribution in [3.8, 4) is 6.01 Å². The van der Waals surface area contributed by atoms with Gasteiger partial charge in [0.05, 0.1) is 19.3 Å². The van der Waals surface area contributed by atoms with Crippen molar-refractivity contribution in [2.45, 2.75) is 33.2 Å². The highest BCUT2D eigenvalue weighted by molar-refractivity contribution is 6.28. The van der Waals surface area contributed by atoms with Crippen molar-refractivity contribution in [1.82, 2.24) is 19.9 Å². The standard InChI is InChI=1S/C12H16ClN5O2/c1-3-5-19-12-17-10(13)16-11(18-12)15-7-9-14-6-8(4-2)20-9/h6H,3-5,7H2,1-2H3,(H,15,16,17,18). The average Bonchev–Trinajstić information content (AvgIpc) is 2.90. The molecule has 2 aromatic rings. The molecule has 20 heavy (non-hydrogen) atoms. The van der Waals surface area contributed by atoms with Gasteiger partial charge in [-0.05, 0) is 18.0 Å². The summed E-state index contributed by atoms with van der Waals surface area (Å²) in [6, 6.07) is 0.205. The lowest BCUT2D eigenvalue weighted by Gasteiger charge is -2.05. The van der Waals surface area contributed by atoms with E-state index < -0.39 is 0 Å². The van der Waals surface area contributed by atoms with E-state index in [9.17, 15) is 0 Å². The molecule has 0 aliphatic heterocycles. The van der Waals surface area contributed by atoms with Gasteiger partial charge in [-0.15, -0.1) is 0 Å². The van der Waals surface area contributed by atoms with Crippen molar-refractivity contribution in [3.63, 3.8) is 0 Å². The molecule has 0 fully saturated rings. The molecular weight excluding hydrogens is 282 g/mol. The summed E-state index contributed by atoms with van der Waals surface area (Å²) in [5.74, 6) is 1.73. The summed E-state index contributed by atoms with van der Waals surface area (Å²) >= 11 is 5.82. The summed E-state index contributed by atoms with van der Waals surface area (Å²) in [4.78, 5) is 16.1. The van der Waals surface area contributed by atoms with Crippen LogP contribution in [-0.2, 0) is 13.0 Å². The molecule has 2 aromatic heterocycles. The number of rotatable bonds is 7. The molecule has 1 N–H and O–H groups in total. The normalized spacial score (nSPS) is 10.6. The monoisotopic (exact) mass is 297 g/mol. The van der Waals surface area contributed by atoms with Crippen LogP contribution in [-0.4, -0.2) is 26.5 Å². The SMILES string of the molecule is CCCOc1nc(Cl)nc(NCc2ncc(CC)o2)n1. The maximum Gasteiger partial charge on any atom is 0.322 e. The Labute approximate surface area is 121 Å². The fraction of sp³-hybridized carbons (Fsp3) is 0.500. The van der Waals surface area contributed by atoms with E-state index in [1.807, 2.05) is 13.8 Å². The molecule has 0 unspecified atom stereocenters. The molecule has 0 aromatic carbocycles. The first-order valence-electron chi connectivity index (χ1n) is 6.43. The van der Waals surface area contributed by atoms with Crippen LogP contribution in [0.15, 0.2) is 10.6 Å². The maximum absolute atomic E-state index is 5.82. The zero-order valence-corrected chi connectivity index (χ0v) is 12.1. The van der Waals surface area contributed by atoms with Crippen LogP contribution in [0.3, 0.4) is 0 Å². The molecule has 0 saturated heterocycles. The van der Waals surface area contributed by atoms with Gasteiger partial charge in [-0.3, -0.25) is 0 Å². The van der Waals surface area contributed by atoms with Gasteiger partial charge in [0.1, 0.15) is 5.76 Å². The number of ether oxygens (including phenoxy) is 1. The number of hydrogen-bond donors (Lipinski definition) is 1. The van der Waals surface area contributed by atoms with Crippen molar-refractivity contribution in [3.05, 3.63) is 23.1 Å². The molecule has 0 radical (unpaired) electrons. The van der Waals surface area contributed by atoms with Gasteiger partial charge in [-0.1, -0.05) is 13.8 Å². The highest BCUT2D eigenvalue weighted by atomic mass is 35.5. The predicted octanol–water partition coefficient (Wildman–Crippen LogP) is 2.48. The van der Waals surface area contributed by atoms with Gasteiger partial charge >= 0.3 is 6.01 Å². The molecule has 2 rings (SSSR count). The smallest absolute Gasteiger partial charge is 0.322 e. The first-order chi connectivity index (χ1) is 9.71. The number of nitrogens with zero attached hydrogens (tertiary/aromatic N) is 4. The van der Waals surface area contributed by atoms with E-state index >= 15 is 0 Å². The molecule has 0 saturated carbocycles. The Morgan fingerprint density at radius 3 is 2.85 bits per heavy atom. The van der Waals surface area contributed by atoms with Gasteiger partial charge in [0.25, 0.3) is 0 Å². The zero-order chi connectivity index (χ0) is 14.4. The summed E-state index contributed by atoms with van der Waals surface area (Å²) in [7, 11) is 0.